The fraction of sp³-hybridized carbons (Fsp3) is 0.529. The van der Waals surface area contributed by atoms with Crippen LogP contribution in [-0.2, 0) is 29.9 Å². The maximum Gasteiger partial charge on any atom is 0.315 e. The topological polar surface area (TPSA) is 78.6 Å². The molecule has 0 spiro atoms. The molecule has 5 nitrogen and oxygen atoms in total. The van der Waals surface area contributed by atoms with Gasteiger partial charge >= 0.3 is 5.97 Å². The summed E-state index contributed by atoms with van der Waals surface area (Å²) in [6.07, 6.45) is 0.586. The van der Waals surface area contributed by atoms with Crippen LogP contribution in [0.25, 0.3) is 0 Å². The first-order valence-corrected chi connectivity index (χ1v) is 7.50. The Morgan fingerprint density at radius 3 is 2.41 bits per heavy atom. The summed E-state index contributed by atoms with van der Waals surface area (Å²) in [7, 11) is 0. The van der Waals surface area contributed by atoms with Crippen LogP contribution in [0.15, 0.2) is 24.3 Å². The van der Waals surface area contributed by atoms with Crippen molar-refractivity contribution in [1.82, 2.24) is 0 Å². The summed E-state index contributed by atoms with van der Waals surface area (Å²) in [5.41, 5.74) is 5.77. The zero-order valence-corrected chi connectivity index (χ0v) is 13.3. The quantitative estimate of drug-likeness (QED) is 0.839. The van der Waals surface area contributed by atoms with Gasteiger partial charge in [-0.25, -0.2) is 0 Å². The molecule has 1 aromatic rings. The maximum absolute atomic E-state index is 12.1. The number of hydrogen-bond acceptors (Lipinski definition) is 4. The molecule has 0 bridgehead atoms. The first-order chi connectivity index (χ1) is 10.3. The van der Waals surface area contributed by atoms with Crippen molar-refractivity contribution < 1.29 is 19.1 Å². The number of nitrogens with two attached hydrogens (primary N) is 1. The van der Waals surface area contributed by atoms with Crippen LogP contribution in [0.1, 0.15) is 38.3 Å². The molecule has 1 heterocycles. The summed E-state index contributed by atoms with van der Waals surface area (Å²) in [4.78, 5) is 23.9. The first kappa shape index (κ1) is 16.5. The average Bonchev–Trinajstić information content (AvgIpc) is 2.98. The lowest BCUT2D eigenvalue weighted by atomic mass is 9.77. The third kappa shape index (κ3) is 2.73. The van der Waals surface area contributed by atoms with Crippen LogP contribution in [0.2, 0.25) is 0 Å². The Labute approximate surface area is 130 Å². The molecule has 2 rings (SSSR count). The Kier molecular flexibility index (Phi) is 4.56. The highest BCUT2D eigenvalue weighted by Crippen LogP contribution is 2.34. The average molecular weight is 305 g/mol. The molecule has 0 radical (unpaired) electrons. The first-order valence-electron chi connectivity index (χ1n) is 7.50. The lowest BCUT2D eigenvalue weighted by Crippen LogP contribution is -2.41. The van der Waals surface area contributed by atoms with Gasteiger partial charge in [-0.3, -0.25) is 9.59 Å². The molecule has 5 heteroatoms. The molecule has 1 amide bonds. The molecule has 0 saturated carbocycles. The van der Waals surface area contributed by atoms with Gasteiger partial charge < -0.3 is 15.2 Å². The SMILES string of the molecule is CCOC(=O)C(C)(C)c1ccc(C2(C(N)=O)CCOC2)cc1. The lowest BCUT2D eigenvalue weighted by Gasteiger charge is -2.26. The highest BCUT2D eigenvalue weighted by molar-refractivity contribution is 5.87. The molecule has 1 aliphatic rings. The fourth-order valence-corrected chi connectivity index (χ4v) is 2.76. The molecule has 1 aliphatic heterocycles. The minimum atomic E-state index is -0.757. The zero-order valence-electron chi connectivity index (χ0n) is 13.3. The van der Waals surface area contributed by atoms with E-state index < -0.39 is 10.8 Å². The minimum absolute atomic E-state index is 0.267. The standard InChI is InChI=1S/C17H23NO4/c1-4-22-15(20)16(2,3)12-5-7-13(8-6-12)17(14(18)19)9-10-21-11-17/h5-8H,4,9-11H2,1-3H3,(H2,18,19). The number of rotatable bonds is 5. The van der Waals surface area contributed by atoms with E-state index >= 15 is 0 Å². The van der Waals surface area contributed by atoms with Crippen molar-refractivity contribution >= 4 is 11.9 Å². The third-order valence-corrected chi connectivity index (χ3v) is 4.44. The van der Waals surface area contributed by atoms with E-state index in [1.165, 1.54) is 0 Å². The number of ether oxygens (including phenoxy) is 2. The number of hydrogen-bond donors (Lipinski definition) is 1. The number of benzene rings is 1. The van der Waals surface area contributed by atoms with Crippen molar-refractivity contribution in [1.29, 1.82) is 0 Å². The molecule has 1 saturated heterocycles. The molecule has 120 valence electrons. The van der Waals surface area contributed by atoms with E-state index in [0.717, 1.165) is 11.1 Å². The van der Waals surface area contributed by atoms with Gasteiger partial charge in [0.2, 0.25) is 5.91 Å². The van der Waals surface area contributed by atoms with Gasteiger partial charge in [0.15, 0.2) is 0 Å². The van der Waals surface area contributed by atoms with Gasteiger partial charge in [0.25, 0.3) is 0 Å². The van der Waals surface area contributed by atoms with Crippen molar-refractivity contribution in [3.8, 4) is 0 Å². The maximum atomic E-state index is 12.1. The summed E-state index contributed by atoms with van der Waals surface area (Å²) >= 11 is 0. The molecule has 0 aliphatic carbocycles. The predicted molar refractivity (Wildman–Crippen MR) is 82.4 cm³/mol. The third-order valence-electron chi connectivity index (χ3n) is 4.44. The molecule has 1 unspecified atom stereocenters. The van der Waals surface area contributed by atoms with Crippen LogP contribution in [0.4, 0.5) is 0 Å². The Morgan fingerprint density at radius 1 is 1.32 bits per heavy atom. The van der Waals surface area contributed by atoms with Crippen LogP contribution >= 0.6 is 0 Å². The molecule has 2 N–H and O–H groups in total. The van der Waals surface area contributed by atoms with Crippen LogP contribution < -0.4 is 5.73 Å². The fourth-order valence-electron chi connectivity index (χ4n) is 2.76. The highest BCUT2D eigenvalue weighted by atomic mass is 16.5. The van der Waals surface area contributed by atoms with Crippen molar-refractivity contribution in [3.63, 3.8) is 0 Å². The molecule has 22 heavy (non-hydrogen) atoms. The summed E-state index contributed by atoms with van der Waals surface area (Å²) in [6, 6.07) is 7.43. The minimum Gasteiger partial charge on any atom is -0.465 e. The molecular weight excluding hydrogens is 282 g/mol. The second-order valence-corrected chi connectivity index (χ2v) is 6.17. The molecule has 1 atom stereocenters. The lowest BCUT2D eigenvalue weighted by molar-refractivity contribution is -0.148. The molecule has 1 fully saturated rings. The van der Waals surface area contributed by atoms with Crippen LogP contribution in [0.3, 0.4) is 0 Å². The van der Waals surface area contributed by atoms with Crippen LogP contribution in [0.5, 0.6) is 0 Å². The van der Waals surface area contributed by atoms with E-state index in [9.17, 15) is 9.59 Å². The number of primary amides is 1. The second-order valence-electron chi connectivity index (χ2n) is 6.17. The molecule has 0 aromatic heterocycles. The predicted octanol–water partition coefficient (Wildman–Crippen LogP) is 1.67. The van der Waals surface area contributed by atoms with E-state index in [0.29, 0.717) is 26.2 Å². The van der Waals surface area contributed by atoms with E-state index in [-0.39, 0.29) is 11.9 Å². The van der Waals surface area contributed by atoms with E-state index in [4.69, 9.17) is 15.2 Å². The largest absolute Gasteiger partial charge is 0.465 e. The van der Waals surface area contributed by atoms with Crippen LogP contribution in [0, 0.1) is 0 Å². The van der Waals surface area contributed by atoms with Gasteiger partial charge in [0.05, 0.1) is 24.0 Å². The van der Waals surface area contributed by atoms with E-state index in [2.05, 4.69) is 0 Å². The number of carbonyl (C=O) groups is 2. The second kappa shape index (κ2) is 6.08. The molecular formula is C17H23NO4. The Hall–Kier alpha value is -1.88. The normalized spacial score (nSPS) is 21.6. The molecule has 1 aromatic carbocycles. The summed E-state index contributed by atoms with van der Waals surface area (Å²) < 4.78 is 10.5. The number of esters is 1. The van der Waals surface area contributed by atoms with Crippen molar-refractivity contribution in [3.05, 3.63) is 35.4 Å². The van der Waals surface area contributed by atoms with Gasteiger partial charge in [-0.15, -0.1) is 0 Å². The van der Waals surface area contributed by atoms with E-state index in [1.807, 2.05) is 38.1 Å². The smallest absolute Gasteiger partial charge is 0.315 e. The van der Waals surface area contributed by atoms with E-state index in [1.54, 1.807) is 6.92 Å². The highest BCUT2D eigenvalue weighted by Gasteiger charge is 2.42. The number of carbonyl (C=O) groups excluding carboxylic acids is 2. The Bertz CT molecular complexity index is 557. The number of amides is 1. The van der Waals surface area contributed by atoms with Gasteiger partial charge in [-0.2, -0.15) is 0 Å². The van der Waals surface area contributed by atoms with Gasteiger partial charge in [-0.05, 0) is 38.3 Å². The van der Waals surface area contributed by atoms with Gasteiger partial charge in [0.1, 0.15) is 0 Å². The Morgan fingerprint density at radius 2 is 1.95 bits per heavy atom. The van der Waals surface area contributed by atoms with Crippen molar-refractivity contribution in [2.24, 2.45) is 5.73 Å². The van der Waals surface area contributed by atoms with Gasteiger partial charge in [0, 0.05) is 6.61 Å². The Balaban J connectivity index is 2.30. The van der Waals surface area contributed by atoms with Crippen LogP contribution in [-0.4, -0.2) is 31.7 Å². The zero-order chi connectivity index (χ0) is 16.4. The van der Waals surface area contributed by atoms with Gasteiger partial charge in [-0.1, -0.05) is 24.3 Å². The summed E-state index contributed by atoms with van der Waals surface area (Å²) in [5.74, 6) is -0.640. The van der Waals surface area contributed by atoms with Crippen molar-refractivity contribution in [2.75, 3.05) is 19.8 Å². The summed E-state index contributed by atoms with van der Waals surface area (Å²) in [6.45, 7) is 6.61. The summed E-state index contributed by atoms with van der Waals surface area (Å²) in [5, 5.41) is 0. The monoisotopic (exact) mass is 305 g/mol. The van der Waals surface area contributed by atoms with Crippen molar-refractivity contribution in [2.45, 2.75) is 38.0 Å².